The second-order valence-electron chi connectivity index (χ2n) is 4.61. The Hall–Kier alpha value is -2.41. The highest BCUT2D eigenvalue weighted by atomic mass is 19.1. The molecule has 0 saturated heterocycles. The fourth-order valence-corrected chi connectivity index (χ4v) is 2.46. The van der Waals surface area contributed by atoms with Crippen molar-refractivity contribution in [1.82, 2.24) is 4.98 Å². The standard InChI is InChI=1S/C15H12FN3/c1-10-4-6-18-15(13(10)9-17)19-7-5-11-2-3-12(16)8-14(11)19/h2-4,6,8H,5,7H2,1H3. The zero-order chi connectivity index (χ0) is 13.4. The third-order valence-electron chi connectivity index (χ3n) is 3.45. The topological polar surface area (TPSA) is 39.9 Å². The van der Waals surface area contributed by atoms with Crippen LogP contribution in [0.15, 0.2) is 30.5 Å². The Morgan fingerprint density at radius 1 is 1.37 bits per heavy atom. The van der Waals surface area contributed by atoms with E-state index >= 15 is 0 Å². The number of anilines is 2. The van der Waals surface area contributed by atoms with E-state index in [1.54, 1.807) is 12.3 Å². The van der Waals surface area contributed by atoms with Gasteiger partial charge in [-0.1, -0.05) is 6.07 Å². The van der Waals surface area contributed by atoms with Crippen LogP contribution in [0.2, 0.25) is 0 Å². The summed E-state index contributed by atoms with van der Waals surface area (Å²) in [6, 6.07) is 8.77. The largest absolute Gasteiger partial charge is 0.325 e. The van der Waals surface area contributed by atoms with Crippen LogP contribution in [-0.2, 0) is 6.42 Å². The minimum Gasteiger partial charge on any atom is -0.325 e. The summed E-state index contributed by atoms with van der Waals surface area (Å²) in [6.45, 7) is 2.61. The maximum atomic E-state index is 13.4. The van der Waals surface area contributed by atoms with Gasteiger partial charge < -0.3 is 4.90 Å². The molecule has 0 amide bonds. The molecule has 1 aliphatic heterocycles. The smallest absolute Gasteiger partial charge is 0.151 e. The predicted octanol–water partition coefficient (Wildman–Crippen LogP) is 3.10. The molecule has 0 bridgehead atoms. The quantitative estimate of drug-likeness (QED) is 0.784. The fourth-order valence-electron chi connectivity index (χ4n) is 2.46. The summed E-state index contributed by atoms with van der Waals surface area (Å²) in [4.78, 5) is 6.22. The van der Waals surface area contributed by atoms with Gasteiger partial charge in [-0.05, 0) is 42.7 Å². The third kappa shape index (κ3) is 1.84. The van der Waals surface area contributed by atoms with Gasteiger partial charge in [0, 0.05) is 18.4 Å². The van der Waals surface area contributed by atoms with Crippen LogP contribution < -0.4 is 4.90 Å². The summed E-state index contributed by atoms with van der Waals surface area (Å²) >= 11 is 0. The molecule has 2 aromatic rings. The molecular formula is C15H12FN3. The number of nitriles is 1. The van der Waals surface area contributed by atoms with Crippen molar-refractivity contribution in [2.24, 2.45) is 0 Å². The minimum atomic E-state index is -0.267. The van der Waals surface area contributed by atoms with Crippen LogP contribution in [0, 0.1) is 24.1 Å². The van der Waals surface area contributed by atoms with E-state index in [1.807, 2.05) is 17.9 Å². The van der Waals surface area contributed by atoms with E-state index in [0.29, 0.717) is 11.4 Å². The Kier molecular flexibility index (Phi) is 2.68. The maximum absolute atomic E-state index is 13.4. The van der Waals surface area contributed by atoms with Crippen molar-refractivity contribution in [3.8, 4) is 6.07 Å². The summed E-state index contributed by atoms with van der Waals surface area (Å²) in [5, 5.41) is 9.27. The summed E-state index contributed by atoms with van der Waals surface area (Å²) in [7, 11) is 0. The van der Waals surface area contributed by atoms with E-state index in [4.69, 9.17) is 0 Å². The molecule has 0 fully saturated rings. The van der Waals surface area contributed by atoms with Crippen LogP contribution in [0.5, 0.6) is 0 Å². The van der Waals surface area contributed by atoms with Gasteiger partial charge in [0.1, 0.15) is 11.9 Å². The van der Waals surface area contributed by atoms with Crippen LogP contribution in [0.4, 0.5) is 15.9 Å². The number of rotatable bonds is 1. The SMILES string of the molecule is Cc1ccnc(N2CCc3ccc(F)cc32)c1C#N. The molecule has 1 aliphatic rings. The van der Waals surface area contributed by atoms with Crippen molar-refractivity contribution in [3.05, 3.63) is 53.0 Å². The number of fused-ring (bicyclic) bond motifs is 1. The lowest BCUT2D eigenvalue weighted by Gasteiger charge is -2.20. The first kappa shape index (κ1) is 11.7. The molecule has 1 aromatic heterocycles. The van der Waals surface area contributed by atoms with E-state index in [2.05, 4.69) is 11.1 Å². The molecule has 0 unspecified atom stereocenters. The van der Waals surface area contributed by atoms with E-state index in [-0.39, 0.29) is 5.82 Å². The van der Waals surface area contributed by atoms with Crippen LogP contribution in [0.25, 0.3) is 0 Å². The highest BCUT2D eigenvalue weighted by Gasteiger charge is 2.24. The number of benzene rings is 1. The summed E-state index contributed by atoms with van der Waals surface area (Å²) in [5.74, 6) is 0.351. The second kappa shape index (κ2) is 4.36. The summed E-state index contributed by atoms with van der Waals surface area (Å²) < 4.78 is 13.4. The molecule has 0 aliphatic carbocycles. The molecule has 0 radical (unpaired) electrons. The highest BCUT2D eigenvalue weighted by molar-refractivity contribution is 5.72. The van der Waals surface area contributed by atoms with Gasteiger partial charge in [0.2, 0.25) is 0 Å². The number of pyridine rings is 1. The van der Waals surface area contributed by atoms with Gasteiger partial charge in [0.15, 0.2) is 5.82 Å². The molecule has 0 spiro atoms. The molecular weight excluding hydrogens is 241 g/mol. The predicted molar refractivity (Wildman–Crippen MR) is 70.8 cm³/mol. The van der Waals surface area contributed by atoms with Crippen LogP contribution in [-0.4, -0.2) is 11.5 Å². The number of hydrogen-bond acceptors (Lipinski definition) is 3. The lowest BCUT2D eigenvalue weighted by Crippen LogP contribution is -2.16. The summed E-state index contributed by atoms with van der Waals surface area (Å²) in [5.41, 5.74) is 3.35. The minimum absolute atomic E-state index is 0.267. The molecule has 94 valence electrons. The monoisotopic (exact) mass is 253 g/mol. The van der Waals surface area contributed by atoms with Crippen LogP contribution >= 0.6 is 0 Å². The highest BCUT2D eigenvalue weighted by Crippen LogP contribution is 2.35. The van der Waals surface area contributed by atoms with E-state index in [9.17, 15) is 9.65 Å². The van der Waals surface area contributed by atoms with Crippen LogP contribution in [0.1, 0.15) is 16.7 Å². The number of hydrogen-bond donors (Lipinski definition) is 0. The molecule has 3 rings (SSSR count). The molecule has 0 saturated carbocycles. The first-order valence-electron chi connectivity index (χ1n) is 6.12. The Balaban J connectivity index is 2.15. The zero-order valence-electron chi connectivity index (χ0n) is 10.5. The average Bonchev–Trinajstić information content (AvgIpc) is 2.81. The molecule has 19 heavy (non-hydrogen) atoms. The van der Waals surface area contributed by atoms with Gasteiger partial charge in [0.25, 0.3) is 0 Å². The number of halogens is 1. The van der Waals surface area contributed by atoms with Gasteiger partial charge in [-0.25, -0.2) is 9.37 Å². The zero-order valence-corrected chi connectivity index (χ0v) is 10.5. The first-order chi connectivity index (χ1) is 9.20. The summed E-state index contributed by atoms with van der Waals surface area (Å²) in [6.07, 6.45) is 2.53. The van der Waals surface area contributed by atoms with Crippen molar-refractivity contribution in [2.45, 2.75) is 13.3 Å². The van der Waals surface area contributed by atoms with Gasteiger partial charge in [0.05, 0.1) is 5.56 Å². The fraction of sp³-hybridized carbons (Fsp3) is 0.200. The molecule has 4 heteroatoms. The van der Waals surface area contributed by atoms with Crippen molar-refractivity contribution < 1.29 is 4.39 Å². The molecule has 2 heterocycles. The Labute approximate surface area is 110 Å². The molecule has 0 N–H and O–H groups in total. The van der Waals surface area contributed by atoms with Gasteiger partial charge >= 0.3 is 0 Å². The van der Waals surface area contributed by atoms with Gasteiger partial charge in [-0.2, -0.15) is 5.26 Å². The normalized spacial score (nSPS) is 13.2. The Morgan fingerprint density at radius 3 is 3.00 bits per heavy atom. The number of aryl methyl sites for hydroxylation is 1. The van der Waals surface area contributed by atoms with E-state index in [1.165, 1.54) is 12.1 Å². The Morgan fingerprint density at radius 2 is 2.21 bits per heavy atom. The third-order valence-corrected chi connectivity index (χ3v) is 3.45. The van der Waals surface area contributed by atoms with Crippen molar-refractivity contribution in [3.63, 3.8) is 0 Å². The van der Waals surface area contributed by atoms with E-state index < -0.39 is 0 Å². The van der Waals surface area contributed by atoms with Crippen molar-refractivity contribution >= 4 is 11.5 Å². The molecule has 3 nitrogen and oxygen atoms in total. The Bertz CT molecular complexity index is 688. The first-order valence-corrected chi connectivity index (χ1v) is 6.12. The van der Waals surface area contributed by atoms with Crippen molar-refractivity contribution in [1.29, 1.82) is 5.26 Å². The van der Waals surface area contributed by atoms with Gasteiger partial charge in [-0.3, -0.25) is 0 Å². The average molecular weight is 253 g/mol. The maximum Gasteiger partial charge on any atom is 0.151 e. The second-order valence-corrected chi connectivity index (χ2v) is 4.61. The van der Waals surface area contributed by atoms with Crippen LogP contribution in [0.3, 0.4) is 0 Å². The number of aromatic nitrogens is 1. The number of nitrogens with zero attached hydrogens (tertiary/aromatic N) is 3. The van der Waals surface area contributed by atoms with Gasteiger partial charge in [-0.15, -0.1) is 0 Å². The van der Waals surface area contributed by atoms with Crippen molar-refractivity contribution in [2.75, 3.05) is 11.4 Å². The lowest BCUT2D eigenvalue weighted by atomic mass is 10.1. The molecule has 1 aromatic carbocycles. The molecule has 0 atom stereocenters. The lowest BCUT2D eigenvalue weighted by molar-refractivity contribution is 0.628. The van der Waals surface area contributed by atoms with E-state index in [0.717, 1.165) is 29.8 Å².